The van der Waals surface area contributed by atoms with Gasteiger partial charge in [0.25, 0.3) is 0 Å². The Bertz CT molecular complexity index is 1060. The Kier molecular flexibility index (Phi) is 4.24. The van der Waals surface area contributed by atoms with Crippen molar-refractivity contribution in [3.05, 3.63) is 53.0 Å². The van der Waals surface area contributed by atoms with Crippen LogP contribution in [0, 0.1) is 0 Å². The topological polar surface area (TPSA) is 85.6 Å². The fraction of sp³-hybridized carbons (Fsp3) is 0.0625. The lowest BCUT2D eigenvalue weighted by atomic mass is 10.2. The third-order valence-electron chi connectivity index (χ3n) is 3.52. The Labute approximate surface area is 154 Å². The molecule has 0 fully saturated rings. The van der Waals surface area contributed by atoms with Crippen molar-refractivity contribution in [3.8, 4) is 11.3 Å². The molecule has 0 saturated heterocycles. The third kappa shape index (κ3) is 3.28. The van der Waals surface area contributed by atoms with E-state index < -0.39 is 0 Å². The van der Waals surface area contributed by atoms with E-state index in [1.807, 2.05) is 29.6 Å². The monoisotopic (exact) mass is 414 g/mol. The summed E-state index contributed by atoms with van der Waals surface area (Å²) in [6.45, 7) is 0.119. The van der Waals surface area contributed by atoms with Gasteiger partial charge in [0.2, 0.25) is 5.91 Å². The van der Waals surface area contributed by atoms with Gasteiger partial charge in [-0.25, -0.2) is 19.9 Å². The number of hydrogen-bond acceptors (Lipinski definition) is 6. The summed E-state index contributed by atoms with van der Waals surface area (Å²) >= 11 is 4.90. The van der Waals surface area contributed by atoms with Crippen LogP contribution in [0.3, 0.4) is 0 Å². The average molecular weight is 415 g/mol. The Morgan fingerprint density at radius 3 is 3.04 bits per heavy atom. The van der Waals surface area contributed by atoms with Crippen molar-refractivity contribution < 1.29 is 4.79 Å². The third-order valence-corrected chi connectivity index (χ3v) is 4.96. The molecule has 9 heteroatoms. The van der Waals surface area contributed by atoms with Gasteiger partial charge in [-0.3, -0.25) is 4.79 Å². The van der Waals surface area contributed by atoms with Gasteiger partial charge in [0.15, 0.2) is 10.8 Å². The highest BCUT2D eigenvalue weighted by molar-refractivity contribution is 9.10. The zero-order chi connectivity index (χ0) is 17.2. The number of amides is 1. The van der Waals surface area contributed by atoms with Crippen LogP contribution in [-0.4, -0.2) is 30.4 Å². The Hall–Kier alpha value is -2.65. The van der Waals surface area contributed by atoms with Crippen molar-refractivity contribution in [3.63, 3.8) is 0 Å². The summed E-state index contributed by atoms with van der Waals surface area (Å²) in [6, 6.07) is 7.83. The number of nitrogens with zero attached hydrogens (tertiary/aromatic N) is 5. The maximum atomic E-state index is 12.3. The maximum Gasteiger partial charge on any atom is 0.246 e. The first kappa shape index (κ1) is 15.9. The zero-order valence-electron chi connectivity index (χ0n) is 12.8. The first-order valence-electron chi connectivity index (χ1n) is 7.32. The molecule has 1 amide bonds. The van der Waals surface area contributed by atoms with E-state index in [0.29, 0.717) is 16.3 Å². The molecule has 3 aromatic heterocycles. The number of rotatable bonds is 4. The SMILES string of the molecule is O=C(Cn1cnc2ncncc21)Nc1nc(-c2ccccc2Br)cs1. The lowest BCUT2D eigenvalue weighted by Gasteiger charge is -2.04. The number of fused-ring (bicyclic) bond motifs is 1. The van der Waals surface area contributed by atoms with Crippen LogP contribution in [0.1, 0.15) is 0 Å². The fourth-order valence-electron chi connectivity index (χ4n) is 2.37. The van der Waals surface area contributed by atoms with Crippen LogP contribution in [0.5, 0.6) is 0 Å². The number of aromatic nitrogens is 5. The van der Waals surface area contributed by atoms with Crippen LogP contribution < -0.4 is 5.32 Å². The van der Waals surface area contributed by atoms with Crippen LogP contribution in [-0.2, 0) is 11.3 Å². The summed E-state index contributed by atoms with van der Waals surface area (Å²) in [5.74, 6) is -0.184. The molecule has 4 aromatic rings. The van der Waals surface area contributed by atoms with Crippen LogP contribution in [0.25, 0.3) is 22.4 Å². The number of anilines is 1. The second-order valence-electron chi connectivity index (χ2n) is 5.17. The molecule has 7 nitrogen and oxygen atoms in total. The fourth-order valence-corrected chi connectivity index (χ4v) is 3.58. The lowest BCUT2D eigenvalue weighted by molar-refractivity contribution is -0.116. The smallest absolute Gasteiger partial charge is 0.246 e. The lowest BCUT2D eigenvalue weighted by Crippen LogP contribution is -2.18. The van der Waals surface area contributed by atoms with E-state index in [1.165, 1.54) is 17.7 Å². The van der Waals surface area contributed by atoms with Gasteiger partial charge in [-0.15, -0.1) is 11.3 Å². The molecule has 0 unspecified atom stereocenters. The Morgan fingerprint density at radius 2 is 2.16 bits per heavy atom. The average Bonchev–Trinajstić information content (AvgIpc) is 3.23. The number of carbonyl (C=O) groups is 1. The minimum absolute atomic E-state index is 0.119. The van der Waals surface area contributed by atoms with Gasteiger partial charge in [0, 0.05) is 15.4 Å². The van der Waals surface area contributed by atoms with Gasteiger partial charge < -0.3 is 9.88 Å². The van der Waals surface area contributed by atoms with E-state index in [9.17, 15) is 4.79 Å². The second kappa shape index (κ2) is 6.69. The normalized spacial score (nSPS) is 10.9. The molecule has 0 radical (unpaired) electrons. The molecule has 0 bridgehead atoms. The van der Waals surface area contributed by atoms with Gasteiger partial charge in [-0.2, -0.15) is 0 Å². The number of thiazole rings is 1. The van der Waals surface area contributed by atoms with E-state index in [2.05, 4.69) is 41.2 Å². The number of nitrogens with one attached hydrogen (secondary N) is 1. The van der Waals surface area contributed by atoms with Crippen molar-refractivity contribution in [1.82, 2.24) is 24.5 Å². The molecule has 1 N–H and O–H groups in total. The molecule has 0 atom stereocenters. The molecular weight excluding hydrogens is 404 g/mol. The van der Waals surface area contributed by atoms with Crippen LogP contribution >= 0.6 is 27.3 Å². The van der Waals surface area contributed by atoms with Crippen LogP contribution in [0.2, 0.25) is 0 Å². The Morgan fingerprint density at radius 1 is 1.28 bits per heavy atom. The van der Waals surface area contributed by atoms with E-state index >= 15 is 0 Å². The molecular formula is C16H11BrN6OS. The summed E-state index contributed by atoms with van der Waals surface area (Å²) in [7, 11) is 0. The Balaban J connectivity index is 1.49. The molecule has 0 aliphatic carbocycles. The summed E-state index contributed by atoms with van der Waals surface area (Å²) in [5, 5.41) is 5.28. The minimum atomic E-state index is -0.184. The van der Waals surface area contributed by atoms with Gasteiger partial charge >= 0.3 is 0 Å². The van der Waals surface area contributed by atoms with Crippen LogP contribution in [0.4, 0.5) is 5.13 Å². The van der Waals surface area contributed by atoms with E-state index in [-0.39, 0.29) is 12.5 Å². The van der Waals surface area contributed by atoms with Gasteiger partial charge in [0.1, 0.15) is 18.4 Å². The molecule has 0 spiro atoms. The minimum Gasteiger partial charge on any atom is -0.318 e. The van der Waals surface area contributed by atoms with E-state index in [1.54, 1.807) is 17.1 Å². The van der Waals surface area contributed by atoms with Crippen molar-refractivity contribution in [2.24, 2.45) is 0 Å². The van der Waals surface area contributed by atoms with Gasteiger partial charge in [0.05, 0.1) is 18.2 Å². The largest absolute Gasteiger partial charge is 0.318 e. The van der Waals surface area contributed by atoms with Gasteiger partial charge in [-0.05, 0) is 6.07 Å². The summed E-state index contributed by atoms with van der Waals surface area (Å²) in [6.07, 6.45) is 4.64. The van der Waals surface area contributed by atoms with E-state index in [4.69, 9.17) is 0 Å². The quantitative estimate of drug-likeness (QED) is 0.553. The molecule has 3 heterocycles. The van der Waals surface area contributed by atoms with Gasteiger partial charge in [-0.1, -0.05) is 34.1 Å². The highest BCUT2D eigenvalue weighted by Gasteiger charge is 2.12. The van der Waals surface area contributed by atoms with E-state index in [0.717, 1.165) is 15.7 Å². The number of benzene rings is 1. The molecule has 124 valence electrons. The standard InChI is InChI=1S/C16H11BrN6OS/c17-11-4-2-1-3-10(11)12-7-25-16(21-12)22-14(24)6-23-9-20-15-13(23)5-18-8-19-15/h1-5,7-9H,6H2,(H,21,22,24). The van der Waals surface area contributed by atoms with Crippen molar-refractivity contribution in [1.29, 1.82) is 0 Å². The molecule has 0 aliphatic heterocycles. The molecule has 25 heavy (non-hydrogen) atoms. The maximum absolute atomic E-state index is 12.3. The molecule has 4 rings (SSSR count). The first-order chi connectivity index (χ1) is 12.2. The van der Waals surface area contributed by atoms with Crippen molar-refractivity contribution in [2.75, 3.05) is 5.32 Å². The van der Waals surface area contributed by atoms with Crippen molar-refractivity contribution >= 4 is 49.5 Å². The summed E-state index contributed by atoms with van der Waals surface area (Å²) in [5.41, 5.74) is 3.07. The number of halogens is 1. The molecule has 0 aliphatic rings. The van der Waals surface area contributed by atoms with Crippen molar-refractivity contribution in [2.45, 2.75) is 6.54 Å². The predicted octanol–water partition coefficient (Wildman–Crippen LogP) is 3.35. The number of hydrogen-bond donors (Lipinski definition) is 1. The summed E-state index contributed by atoms with van der Waals surface area (Å²) < 4.78 is 2.66. The summed E-state index contributed by atoms with van der Waals surface area (Å²) in [4.78, 5) is 28.9. The second-order valence-corrected chi connectivity index (χ2v) is 6.88. The highest BCUT2D eigenvalue weighted by Crippen LogP contribution is 2.30. The zero-order valence-corrected chi connectivity index (χ0v) is 15.2. The predicted molar refractivity (Wildman–Crippen MR) is 99.2 cm³/mol. The molecule has 0 saturated carbocycles. The highest BCUT2D eigenvalue weighted by atomic mass is 79.9. The number of carbonyl (C=O) groups excluding carboxylic acids is 1. The van der Waals surface area contributed by atoms with Crippen LogP contribution in [0.15, 0.2) is 53.0 Å². The molecule has 1 aromatic carbocycles. The number of imidazole rings is 1. The first-order valence-corrected chi connectivity index (χ1v) is 8.99.